The number of Topliss-reactive ketones (excluding diaryl/α,β-unsaturated/α-hetero) is 1. The fourth-order valence-electron chi connectivity index (χ4n) is 6.02. The lowest BCUT2D eigenvalue weighted by Crippen LogP contribution is -2.33. The minimum atomic E-state index is -0.309. The largest absolute Gasteiger partial charge is 0.370 e. The molecule has 0 amide bonds. The zero-order chi connectivity index (χ0) is 21.3. The van der Waals surface area contributed by atoms with Crippen LogP contribution in [0, 0.1) is 5.92 Å². The van der Waals surface area contributed by atoms with Crippen LogP contribution in [-0.2, 0) is 5.41 Å². The van der Waals surface area contributed by atoms with Gasteiger partial charge in [0.2, 0.25) is 0 Å². The fourth-order valence-corrected chi connectivity index (χ4v) is 6.02. The molecule has 1 aliphatic carbocycles. The Balaban J connectivity index is 1.74. The van der Waals surface area contributed by atoms with Crippen LogP contribution >= 0.6 is 0 Å². The summed E-state index contributed by atoms with van der Waals surface area (Å²) in [5, 5.41) is 2.52. The van der Waals surface area contributed by atoms with E-state index < -0.39 is 0 Å². The van der Waals surface area contributed by atoms with E-state index in [1.54, 1.807) is 0 Å². The van der Waals surface area contributed by atoms with Crippen molar-refractivity contribution in [3.8, 4) is 0 Å². The molecule has 162 valence electrons. The van der Waals surface area contributed by atoms with Crippen molar-refractivity contribution in [3.63, 3.8) is 0 Å². The lowest BCUT2D eigenvalue weighted by atomic mass is 9.73. The van der Waals surface area contributed by atoms with Crippen molar-refractivity contribution in [1.82, 2.24) is 4.90 Å². The van der Waals surface area contributed by atoms with Crippen LogP contribution in [0.25, 0.3) is 10.8 Å². The van der Waals surface area contributed by atoms with Gasteiger partial charge in [-0.25, -0.2) is 0 Å². The highest BCUT2D eigenvalue weighted by molar-refractivity contribution is 6.22. The molecule has 3 nitrogen and oxygen atoms in total. The van der Waals surface area contributed by atoms with Gasteiger partial charge in [0.05, 0.1) is 5.41 Å². The lowest BCUT2D eigenvalue weighted by molar-refractivity contribution is 0.0874. The van der Waals surface area contributed by atoms with Crippen molar-refractivity contribution < 1.29 is 4.79 Å². The molecule has 1 heterocycles. The molecule has 3 heteroatoms. The van der Waals surface area contributed by atoms with E-state index in [9.17, 15) is 4.79 Å². The number of carbonyl (C=O) groups is 1. The fraction of sp³-hybridized carbons (Fsp3) is 0.593. The SMILES string of the molecule is CCCC1(CCC)C(=O)c2cccc3c(N4CCCN(CC(C)C)CC4)ccc1c23. The van der Waals surface area contributed by atoms with Gasteiger partial charge in [0.1, 0.15) is 0 Å². The molecule has 0 N–H and O–H groups in total. The first kappa shape index (κ1) is 21.4. The first-order chi connectivity index (χ1) is 14.5. The van der Waals surface area contributed by atoms with E-state index in [1.807, 2.05) is 0 Å². The van der Waals surface area contributed by atoms with E-state index in [1.165, 1.54) is 41.5 Å². The zero-order valence-corrected chi connectivity index (χ0v) is 19.3. The summed E-state index contributed by atoms with van der Waals surface area (Å²) >= 11 is 0. The molecule has 1 aliphatic heterocycles. The molecule has 1 fully saturated rings. The number of benzene rings is 2. The average Bonchev–Trinajstić information content (AvgIpc) is 2.87. The number of nitrogens with zero attached hydrogens (tertiary/aromatic N) is 2. The number of rotatable bonds is 7. The topological polar surface area (TPSA) is 23.6 Å². The van der Waals surface area contributed by atoms with E-state index in [0.29, 0.717) is 11.7 Å². The van der Waals surface area contributed by atoms with Gasteiger partial charge in [-0.05, 0) is 48.7 Å². The molecule has 1 saturated heterocycles. The quantitative estimate of drug-likeness (QED) is 0.560. The van der Waals surface area contributed by atoms with Crippen molar-refractivity contribution in [3.05, 3.63) is 41.5 Å². The average molecular weight is 407 g/mol. The summed E-state index contributed by atoms with van der Waals surface area (Å²) in [6, 6.07) is 11.0. The molecule has 30 heavy (non-hydrogen) atoms. The van der Waals surface area contributed by atoms with E-state index in [0.717, 1.165) is 50.9 Å². The highest BCUT2D eigenvalue weighted by Crippen LogP contribution is 2.49. The van der Waals surface area contributed by atoms with Gasteiger partial charge in [-0.3, -0.25) is 4.79 Å². The Morgan fingerprint density at radius 3 is 2.43 bits per heavy atom. The second kappa shape index (κ2) is 8.70. The summed E-state index contributed by atoms with van der Waals surface area (Å²) in [6.07, 6.45) is 5.19. The maximum Gasteiger partial charge on any atom is 0.174 e. The molecule has 2 aromatic carbocycles. The highest BCUT2D eigenvalue weighted by atomic mass is 16.1. The molecule has 2 aliphatic rings. The van der Waals surface area contributed by atoms with Crippen LogP contribution < -0.4 is 4.90 Å². The molecule has 0 spiro atoms. The van der Waals surface area contributed by atoms with Gasteiger partial charge < -0.3 is 9.80 Å². The Bertz CT molecular complexity index is 910. The summed E-state index contributed by atoms with van der Waals surface area (Å²) in [5.74, 6) is 1.08. The van der Waals surface area contributed by atoms with E-state index >= 15 is 0 Å². The third-order valence-corrected chi connectivity index (χ3v) is 7.12. The Hall–Kier alpha value is -1.87. The highest BCUT2D eigenvalue weighted by Gasteiger charge is 2.46. The van der Waals surface area contributed by atoms with Crippen molar-refractivity contribution >= 4 is 22.2 Å². The number of ketones is 1. The normalized spacial score (nSPS) is 19.1. The van der Waals surface area contributed by atoms with Crippen LogP contribution in [0.4, 0.5) is 5.69 Å². The summed E-state index contributed by atoms with van der Waals surface area (Å²) in [6.45, 7) is 14.7. The van der Waals surface area contributed by atoms with Crippen LogP contribution in [0.5, 0.6) is 0 Å². The van der Waals surface area contributed by atoms with Gasteiger partial charge in [-0.15, -0.1) is 0 Å². The third-order valence-electron chi connectivity index (χ3n) is 7.12. The molecule has 4 rings (SSSR count). The molecular formula is C27H38N2O. The minimum absolute atomic E-state index is 0.309. The van der Waals surface area contributed by atoms with Crippen molar-refractivity contribution in [2.75, 3.05) is 37.6 Å². The molecule has 0 aromatic heterocycles. The van der Waals surface area contributed by atoms with Crippen LogP contribution in [0.3, 0.4) is 0 Å². The maximum absolute atomic E-state index is 13.6. The number of hydrogen-bond acceptors (Lipinski definition) is 3. The molecular weight excluding hydrogens is 368 g/mol. The number of anilines is 1. The number of hydrogen-bond donors (Lipinski definition) is 0. The summed E-state index contributed by atoms with van der Waals surface area (Å²) < 4.78 is 0. The monoisotopic (exact) mass is 406 g/mol. The second-order valence-corrected chi connectivity index (χ2v) is 9.81. The molecule has 0 radical (unpaired) electrons. The smallest absolute Gasteiger partial charge is 0.174 e. The van der Waals surface area contributed by atoms with Gasteiger partial charge in [0.15, 0.2) is 5.78 Å². The zero-order valence-electron chi connectivity index (χ0n) is 19.3. The van der Waals surface area contributed by atoms with Gasteiger partial charge >= 0.3 is 0 Å². The first-order valence-electron chi connectivity index (χ1n) is 12.1. The Kier molecular flexibility index (Phi) is 6.20. The Morgan fingerprint density at radius 2 is 1.73 bits per heavy atom. The third kappa shape index (κ3) is 3.56. The summed E-state index contributed by atoms with van der Waals surface area (Å²) in [7, 11) is 0. The predicted octanol–water partition coefficient (Wildman–Crippen LogP) is 6.04. The Labute approximate surface area is 182 Å². The molecule has 0 unspecified atom stereocenters. The molecule has 0 saturated carbocycles. The molecule has 0 atom stereocenters. The molecule has 2 aromatic rings. The van der Waals surface area contributed by atoms with Gasteiger partial charge in [0.25, 0.3) is 0 Å². The van der Waals surface area contributed by atoms with Crippen LogP contribution in [0.2, 0.25) is 0 Å². The van der Waals surface area contributed by atoms with Crippen molar-refractivity contribution in [2.45, 2.75) is 65.2 Å². The van der Waals surface area contributed by atoms with E-state index in [2.05, 4.69) is 67.8 Å². The van der Waals surface area contributed by atoms with Crippen LogP contribution in [0.15, 0.2) is 30.3 Å². The van der Waals surface area contributed by atoms with Gasteiger partial charge in [0, 0.05) is 42.8 Å². The van der Waals surface area contributed by atoms with Crippen molar-refractivity contribution in [1.29, 1.82) is 0 Å². The number of carbonyl (C=O) groups excluding carboxylic acids is 1. The maximum atomic E-state index is 13.6. The van der Waals surface area contributed by atoms with Crippen LogP contribution in [0.1, 0.15) is 75.7 Å². The molecule has 0 bridgehead atoms. The predicted molar refractivity (Wildman–Crippen MR) is 128 cm³/mol. The van der Waals surface area contributed by atoms with E-state index in [4.69, 9.17) is 0 Å². The Morgan fingerprint density at radius 1 is 0.967 bits per heavy atom. The first-order valence-corrected chi connectivity index (χ1v) is 12.1. The van der Waals surface area contributed by atoms with Crippen molar-refractivity contribution in [2.24, 2.45) is 5.92 Å². The van der Waals surface area contributed by atoms with Gasteiger partial charge in [-0.2, -0.15) is 0 Å². The second-order valence-electron chi connectivity index (χ2n) is 9.81. The van der Waals surface area contributed by atoms with E-state index in [-0.39, 0.29) is 5.41 Å². The van der Waals surface area contributed by atoms with Crippen LogP contribution in [-0.4, -0.2) is 43.4 Å². The summed E-state index contributed by atoms with van der Waals surface area (Å²) in [5.41, 5.74) is 3.26. The van der Waals surface area contributed by atoms with Gasteiger partial charge in [-0.1, -0.05) is 64.8 Å². The summed E-state index contributed by atoms with van der Waals surface area (Å²) in [4.78, 5) is 18.8. The minimum Gasteiger partial charge on any atom is -0.370 e. The lowest BCUT2D eigenvalue weighted by Gasteiger charge is -2.30. The standard InChI is InChI=1S/C27H38N2O/c1-5-13-27(14-6-2)23-11-12-24(21-9-7-10-22(25(21)23)26(27)30)29-16-8-15-28(17-18-29)19-20(3)4/h7,9-12,20H,5-6,8,13-19H2,1-4H3.